The Morgan fingerprint density at radius 2 is 1.71 bits per heavy atom. The van der Waals surface area contributed by atoms with Crippen LogP contribution in [0.1, 0.15) is 38.3 Å². The molecule has 0 radical (unpaired) electrons. The summed E-state index contributed by atoms with van der Waals surface area (Å²) in [6.45, 7) is 3.58. The highest BCUT2D eigenvalue weighted by atomic mass is 19.2. The highest BCUT2D eigenvalue weighted by Gasteiger charge is 2.27. The number of ether oxygens (including phenoxy) is 1. The van der Waals surface area contributed by atoms with Crippen molar-refractivity contribution in [2.24, 2.45) is 0 Å². The molecule has 6 heteroatoms. The molecule has 1 aliphatic heterocycles. The predicted molar refractivity (Wildman–Crippen MR) is 72.3 cm³/mol. The van der Waals surface area contributed by atoms with Crippen LogP contribution in [-0.2, 0) is 4.74 Å². The van der Waals surface area contributed by atoms with E-state index in [2.05, 4.69) is 5.32 Å². The first kappa shape index (κ1) is 16.3. The molecule has 3 unspecified atom stereocenters. The molecule has 1 saturated heterocycles. The summed E-state index contributed by atoms with van der Waals surface area (Å²) in [5.41, 5.74) is 0.195. The number of halogens is 3. The van der Waals surface area contributed by atoms with Crippen LogP contribution in [0.5, 0.6) is 0 Å². The Balaban J connectivity index is 2.13. The summed E-state index contributed by atoms with van der Waals surface area (Å²) < 4.78 is 45.2. The zero-order chi connectivity index (χ0) is 15.6. The normalized spacial score (nSPS) is 27.6. The number of aliphatic hydroxyl groups is 1. The standard InChI is InChI=1S/C15H20F3NO2/c1-8-3-11(4-9(2)21-8)19-14(7-20)10-5-12(16)15(18)13(17)6-10/h5-6,8-9,11,14,19-20H,3-4,7H2,1-2H3. The van der Waals surface area contributed by atoms with E-state index in [0.717, 1.165) is 25.0 Å². The van der Waals surface area contributed by atoms with Crippen LogP contribution < -0.4 is 5.32 Å². The molecule has 0 bridgehead atoms. The second-order valence-corrected chi connectivity index (χ2v) is 5.63. The van der Waals surface area contributed by atoms with Crippen molar-refractivity contribution in [1.29, 1.82) is 0 Å². The van der Waals surface area contributed by atoms with Gasteiger partial charge in [0.05, 0.1) is 24.9 Å². The number of rotatable bonds is 4. The van der Waals surface area contributed by atoms with Crippen molar-refractivity contribution in [3.05, 3.63) is 35.1 Å². The average molecular weight is 303 g/mol. The molecule has 118 valence electrons. The molecule has 21 heavy (non-hydrogen) atoms. The number of hydrogen-bond acceptors (Lipinski definition) is 3. The quantitative estimate of drug-likeness (QED) is 0.840. The molecular formula is C15H20F3NO2. The number of benzene rings is 1. The second-order valence-electron chi connectivity index (χ2n) is 5.63. The van der Waals surface area contributed by atoms with Gasteiger partial charge in [-0.2, -0.15) is 0 Å². The molecule has 1 aromatic carbocycles. The maximum Gasteiger partial charge on any atom is 0.194 e. The lowest BCUT2D eigenvalue weighted by molar-refractivity contribution is -0.0445. The van der Waals surface area contributed by atoms with Crippen molar-refractivity contribution in [3.8, 4) is 0 Å². The number of nitrogens with one attached hydrogen (secondary N) is 1. The van der Waals surface area contributed by atoms with Crippen LogP contribution in [-0.4, -0.2) is 30.0 Å². The van der Waals surface area contributed by atoms with E-state index in [1.165, 1.54) is 0 Å². The van der Waals surface area contributed by atoms with Gasteiger partial charge in [-0.15, -0.1) is 0 Å². The largest absolute Gasteiger partial charge is 0.394 e. The fraction of sp³-hybridized carbons (Fsp3) is 0.600. The molecular weight excluding hydrogens is 283 g/mol. The molecule has 1 aromatic rings. The Labute approximate surface area is 122 Å². The molecule has 0 aromatic heterocycles. The second kappa shape index (κ2) is 6.77. The third kappa shape index (κ3) is 3.96. The summed E-state index contributed by atoms with van der Waals surface area (Å²) >= 11 is 0. The fourth-order valence-electron chi connectivity index (χ4n) is 2.86. The highest BCUT2D eigenvalue weighted by Crippen LogP contribution is 2.24. The Morgan fingerprint density at radius 1 is 1.19 bits per heavy atom. The van der Waals surface area contributed by atoms with Gasteiger partial charge in [0, 0.05) is 6.04 Å². The summed E-state index contributed by atoms with van der Waals surface area (Å²) in [4.78, 5) is 0. The van der Waals surface area contributed by atoms with Crippen LogP contribution in [0.2, 0.25) is 0 Å². The topological polar surface area (TPSA) is 41.5 Å². The van der Waals surface area contributed by atoms with Crippen LogP contribution in [0.25, 0.3) is 0 Å². The van der Waals surface area contributed by atoms with Gasteiger partial charge in [0.1, 0.15) is 0 Å². The summed E-state index contributed by atoms with van der Waals surface area (Å²) in [7, 11) is 0. The smallest absolute Gasteiger partial charge is 0.194 e. The predicted octanol–water partition coefficient (Wildman–Crippen LogP) is 2.68. The molecule has 1 aliphatic rings. The van der Waals surface area contributed by atoms with E-state index in [1.807, 2.05) is 13.8 Å². The Bertz CT molecular complexity index is 465. The van der Waals surface area contributed by atoms with Crippen LogP contribution in [0.15, 0.2) is 12.1 Å². The van der Waals surface area contributed by atoms with E-state index in [-0.39, 0.29) is 30.4 Å². The van der Waals surface area contributed by atoms with Gasteiger partial charge in [-0.1, -0.05) is 0 Å². The SMILES string of the molecule is CC1CC(NC(CO)c2cc(F)c(F)c(F)c2)CC(C)O1. The van der Waals surface area contributed by atoms with E-state index < -0.39 is 23.5 Å². The molecule has 3 atom stereocenters. The van der Waals surface area contributed by atoms with Crippen molar-refractivity contribution in [1.82, 2.24) is 5.32 Å². The molecule has 0 amide bonds. The van der Waals surface area contributed by atoms with Gasteiger partial charge < -0.3 is 15.2 Å². The Kier molecular flexibility index (Phi) is 5.24. The van der Waals surface area contributed by atoms with Crippen LogP contribution >= 0.6 is 0 Å². The van der Waals surface area contributed by atoms with Gasteiger partial charge in [-0.05, 0) is 44.4 Å². The van der Waals surface area contributed by atoms with Crippen molar-refractivity contribution in [2.45, 2.75) is 51.0 Å². The first-order valence-corrected chi connectivity index (χ1v) is 7.07. The third-order valence-corrected chi connectivity index (χ3v) is 3.73. The summed E-state index contributed by atoms with van der Waals surface area (Å²) in [5.74, 6) is -4.00. The van der Waals surface area contributed by atoms with Crippen LogP contribution in [0, 0.1) is 17.5 Å². The van der Waals surface area contributed by atoms with Crippen molar-refractivity contribution < 1.29 is 23.0 Å². The van der Waals surface area contributed by atoms with Crippen LogP contribution in [0.4, 0.5) is 13.2 Å². The van der Waals surface area contributed by atoms with Gasteiger partial charge >= 0.3 is 0 Å². The van der Waals surface area contributed by atoms with E-state index in [0.29, 0.717) is 0 Å². The highest BCUT2D eigenvalue weighted by molar-refractivity contribution is 5.23. The minimum absolute atomic E-state index is 0.0667. The fourth-order valence-corrected chi connectivity index (χ4v) is 2.86. The first-order chi connectivity index (χ1) is 9.90. The molecule has 1 fully saturated rings. The summed E-state index contributed by atoms with van der Waals surface area (Å²) in [6, 6.07) is 1.26. The third-order valence-electron chi connectivity index (χ3n) is 3.73. The van der Waals surface area contributed by atoms with E-state index in [4.69, 9.17) is 4.74 Å². The maximum atomic E-state index is 13.3. The number of aliphatic hydroxyl groups excluding tert-OH is 1. The molecule has 0 saturated carbocycles. The zero-order valence-corrected chi connectivity index (χ0v) is 12.1. The average Bonchev–Trinajstić information content (AvgIpc) is 2.40. The zero-order valence-electron chi connectivity index (χ0n) is 12.1. The van der Waals surface area contributed by atoms with Gasteiger partial charge in [-0.25, -0.2) is 13.2 Å². The summed E-state index contributed by atoms with van der Waals surface area (Å²) in [6.07, 6.45) is 1.64. The summed E-state index contributed by atoms with van der Waals surface area (Å²) in [5, 5.41) is 12.6. The molecule has 2 rings (SSSR count). The van der Waals surface area contributed by atoms with E-state index in [9.17, 15) is 18.3 Å². The molecule has 0 aliphatic carbocycles. The minimum atomic E-state index is -1.50. The van der Waals surface area contributed by atoms with Gasteiger partial charge in [0.2, 0.25) is 0 Å². The Hall–Kier alpha value is -1.11. The first-order valence-electron chi connectivity index (χ1n) is 7.07. The lowest BCUT2D eigenvalue weighted by Crippen LogP contribution is -2.43. The van der Waals surface area contributed by atoms with Gasteiger partial charge in [0.25, 0.3) is 0 Å². The molecule has 1 heterocycles. The van der Waals surface area contributed by atoms with E-state index >= 15 is 0 Å². The lowest BCUT2D eigenvalue weighted by atomic mass is 9.97. The van der Waals surface area contributed by atoms with Crippen molar-refractivity contribution >= 4 is 0 Å². The molecule has 0 spiro atoms. The van der Waals surface area contributed by atoms with Gasteiger partial charge in [-0.3, -0.25) is 0 Å². The van der Waals surface area contributed by atoms with Crippen molar-refractivity contribution in [3.63, 3.8) is 0 Å². The van der Waals surface area contributed by atoms with Crippen LogP contribution in [0.3, 0.4) is 0 Å². The Morgan fingerprint density at radius 3 is 2.19 bits per heavy atom. The monoisotopic (exact) mass is 303 g/mol. The van der Waals surface area contributed by atoms with Crippen molar-refractivity contribution in [2.75, 3.05) is 6.61 Å². The lowest BCUT2D eigenvalue weighted by Gasteiger charge is -2.34. The molecule has 2 N–H and O–H groups in total. The van der Waals surface area contributed by atoms with Gasteiger partial charge in [0.15, 0.2) is 17.5 Å². The maximum absolute atomic E-state index is 13.3. The number of hydrogen-bond donors (Lipinski definition) is 2. The minimum Gasteiger partial charge on any atom is -0.394 e. The van der Waals surface area contributed by atoms with E-state index in [1.54, 1.807) is 0 Å². The molecule has 3 nitrogen and oxygen atoms in total.